The topological polar surface area (TPSA) is 124 Å². The summed E-state index contributed by atoms with van der Waals surface area (Å²) in [6, 6.07) is 20.8. The maximum atomic E-state index is 9.10. The standard InChI is InChI=1S/C27H31ClN6.C2H2O4/c1-32-16-18-33(19-17-32)14-5-13-29-20-21-8-10-23(11-9-21)34-15-12-24-25(22-6-3-2-4-7-22)30-27(28)31-26(24)34;3-1(4)2(5)6/h2-4,6-12,15,29H,5,13-14,16-20H2,1H3;(H,3,4)(H,5,6). The first-order valence-corrected chi connectivity index (χ1v) is 13.5. The Morgan fingerprint density at radius 2 is 1.60 bits per heavy atom. The number of nitrogens with one attached hydrogen (secondary N) is 1. The van der Waals surface area contributed by atoms with E-state index >= 15 is 0 Å². The smallest absolute Gasteiger partial charge is 0.414 e. The lowest BCUT2D eigenvalue weighted by molar-refractivity contribution is -0.159. The fourth-order valence-electron chi connectivity index (χ4n) is 4.52. The van der Waals surface area contributed by atoms with Gasteiger partial charge in [-0.25, -0.2) is 14.6 Å². The predicted molar refractivity (Wildman–Crippen MR) is 155 cm³/mol. The number of hydrogen-bond acceptors (Lipinski definition) is 7. The highest BCUT2D eigenvalue weighted by molar-refractivity contribution is 6.29. The lowest BCUT2D eigenvalue weighted by atomic mass is 10.1. The van der Waals surface area contributed by atoms with Crippen molar-refractivity contribution in [1.29, 1.82) is 0 Å². The number of nitrogens with zero attached hydrogens (tertiary/aromatic N) is 5. The molecule has 40 heavy (non-hydrogen) atoms. The van der Waals surface area contributed by atoms with E-state index in [1.54, 1.807) is 0 Å². The van der Waals surface area contributed by atoms with Crippen LogP contribution in [0.4, 0.5) is 0 Å². The second-order valence-corrected chi connectivity index (χ2v) is 9.92. The maximum absolute atomic E-state index is 9.10. The second-order valence-electron chi connectivity index (χ2n) is 9.58. The van der Waals surface area contributed by atoms with Gasteiger partial charge in [-0.1, -0.05) is 42.5 Å². The summed E-state index contributed by atoms with van der Waals surface area (Å²) in [6.07, 6.45) is 3.22. The number of likely N-dealkylation sites (N-methyl/N-ethyl adjacent to an activating group) is 1. The van der Waals surface area contributed by atoms with Crippen molar-refractivity contribution in [2.45, 2.75) is 13.0 Å². The number of rotatable bonds is 8. The number of aliphatic carboxylic acids is 2. The van der Waals surface area contributed by atoms with Crippen LogP contribution in [-0.4, -0.2) is 92.8 Å². The number of carboxylic acids is 2. The molecule has 0 amide bonds. The first kappa shape index (κ1) is 29.2. The van der Waals surface area contributed by atoms with E-state index in [0.29, 0.717) is 0 Å². The third-order valence-corrected chi connectivity index (χ3v) is 6.88. The molecule has 0 bridgehead atoms. The molecule has 10 nitrogen and oxygen atoms in total. The van der Waals surface area contributed by atoms with E-state index in [4.69, 9.17) is 31.4 Å². The minimum atomic E-state index is -1.82. The zero-order valence-electron chi connectivity index (χ0n) is 22.3. The largest absolute Gasteiger partial charge is 0.473 e. The highest BCUT2D eigenvalue weighted by Crippen LogP contribution is 2.29. The first-order valence-electron chi connectivity index (χ1n) is 13.1. The van der Waals surface area contributed by atoms with Gasteiger partial charge in [-0.15, -0.1) is 0 Å². The Kier molecular flexibility index (Phi) is 10.2. The van der Waals surface area contributed by atoms with Gasteiger partial charge in [0.15, 0.2) is 0 Å². The van der Waals surface area contributed by atoms with Crippen molar-refractivity contribution in [3.63, 3.8) is 0 Å². The Hall–Kier alpha value is -3.83. The van der Waals surface area contributed by atoms with Crippen molar-refractivity contribution in [1.82, 2.24) is 29.7 Å². The summed E-state index contributed by atoms with van der Waals surface area (Å²) in [6.45, 7) is 7.83. The molecule has 0 spiro atoms. The molecule has 3 heterocycles. The summed E-state index contributed by atoms with van der Waals surface area (Å²) in [7, 11) is 2.20. The highest BCUT2D eigenvalue weighted by Gasteiger charge is 2.14. The number of carboxylic acid groups (broad SMARTS) is 2. The molecular formula is C29H33ClN6O4. The summed E-state index contributed by atoms with van der Waals surface area (Å²) >= 11 is 6.31. The first-order chi connectivity index (χ1) is 19.3. The summed E-state index contributed by atoms with van der Waals surface area (Å²) in [5, 5.41) is 19.6. The molecule has 210 valence electrons. The summed E-state index contributed by atoms with van der Waals surface area (Å²) < 4.78 is 2.07. The van der Waals surface area contributed by atoms with Crippen LogP contribution in [0.5, 0.6) is 0 Å². The molecule has 3 N–H and O–H groups in total. The molecule has 0 radical (unpaired) electrons. The van der Waals surface area contributed by atoms with Gasteiger partial charge in [0, 0.05) is 55.6 Å². The van der Waals surface area contributed by atoms with Gasteiger partial charge in [-0.3, -0.25) is 0 Å². The number of aromatic nitrogens is 3. The molecule has 0 unspecified atom stereocenters. The molecule has 0 saturated carbocycles. The molecule has 1 saturated heterocycles. The van der Waals surface area contributed by atoms with Crippen molar-refractivity contribution >= 4 is 34.6 Å². The zero-order valence-corrected chi connectivity index (χ0v) is 23.1. The van der Waals surface area contributed by atoms with Crippen LogP contribution in [0.3, 0.4) is 0 Å². The molecule has 2 aromatic carbocycles. The molecule has 0 atom stereocenters. The quantitative estimate of drug-likeness (QED) is 0.167. The van der Waals surface area contributed by atoms with Crippen LogP contribution in [0.1, 0.15) is 12.0 Å². The van der Waals surface area contributed by atoms with Crippen LogP contribution in [0.15, 0.2) is 66.9 Å². The monoisotopic (exact) mass is 564 g/mol. The van der Waals surface area contributed by atoms with Gasteiger partial charge in [0.05, 0.1) is 5.69 Å². The predicted octanol–water partition coefficient (Wildman–Crippen LogP) is 3.62. The lowest BCUT2D eigenvalue weighted by Crippen LogP contribution is -2.45. The van der Waals surface area contributed by atoms with Gasteiger partial charge in [-0.2, -0.15) is 4.98 Å². The van der Waals surface area contributed by atoms with Crippen molar-refractivity contribution in [2.24, 2.45) is 0 Å². The van der Waals surface area contributed by atoms with Crippen LogP contribution < -0.4 is 5.32 Å². The molecule has 4 aromatic rings. The number of piperazine rings is 1. The van der Waals surface area contributed by atoms with Crippen molar-refractivity contribution in [3.8, 4) is 16.9 Å². The SMILES string of the molecule is CN1CCN(CCCNCc2ccc(-n3ccc4c(-c5ccccc5)nc(Cl)nc43)cc2)CC1.O=C(O)C(=O)O. The van der Waals surface area contributed by atoms with E-state index in [1.807, 2.05) is 36.5 Å². The lowest BCUT2D eigenvalue weighted by Gasteiger charge is -2.32. The van der Waals surface area contributed by atoms with Crippen molar-refractivity contribution in [2.75, 3.05) is 46.3 Å². The van der Waals surface area contributed by atoms with Crippen LogP contribution in [-0.2, 0) is 16.1 Å². The van der Waals surface area contributed by atoms with Crippen LogP contribution in [0, 0.1) is 0 Å². The summed E-state index contributed by atoms with van der Waals surface area (Å²) in [5.41, 5.74) is 5.03. The van der Waals surface area contributed by atoms with E-state index in [9.17, 15) is 0 Å². The minimum absolute atomic E-state index is 0.253. The molecule has 1 fully saturated rings. The highest BCUT2D eigenvalue weighted by atomic mass is 35.5. The van der Waals surface area contributed by atoms with E-state index in [-0.39, 0.29) is 5.28 Å². The summed E-state index contributed by atoms with van der Waals surface area (Å²) in [4.78, 5) is 32.2. The van der Waals surface area contributed by atoms with Gasteiger partial charge in [0.1, 0.15) is 5.65 Å². The normalized spacial score (nSPS) is 14.1. The average Bonchev–Trinajstić information content (AvgIpc) is 3.38. The van der Waals surface area contributed by atoms with Crippen LogP contribution in [0.2, 0.25) is 5.28 Å². The van der Waals surface area contributed by atoms with E-state index in [0.717, 1.165) is 41.1 Å². The van der Waals surface area contributed by atoms with E-state index in [1.165, 1.54) is 44.7 Å². The van der Waals surface area contributed by atoms with E-state index in [2.05, 4.69) is 67.0 Å². The Bertz CT molecular complexity index is 1410. The van der Waals surface area contributed by atoms with Crippen LogP contribution in [0.25, 0.3) is 28.0 Å². The Morgan fingerprint density at radius 3 is 2.25 bits per heavy atom. The number of fused-ring (bicyclic) bond motifs is 1. The zero-order chi connectivity index (χ0) is 28.5. The van der Waals surface area contributed by atoms with Gasteiger partial charge < -0.3 is 29.9 Å². The van der Waals surface area contributed by atoms with Crippen molar-refractivity contribution < 1.29 is 19.8 Å². The minimum Gasteiger partial charge on any atom is -0.473 e. The Morgan fingerprint density at radius 1 is 0.925 bits per heavy atom. The molecule has 2 aromatic heterocycles. The number of carbonyl (C=O) groups is 2. The van der Waals surface area contributed by atoms with Gasteiger partial charge >= 0.3 is 11.9 Å². The number of halogens is 1. The fourth-order valence-corrected chi connectivity index (χ4v) is 4.68. The second kappa shape index (κ2) is 14.0. The summed E-state index contributed by atoms with van der Waals surface area (Å²) in [5.74, 6) is -3.65. The maximum Gasteiger partial charge on any atom is 0.414 e. The molecule has 1 aliphatic heterocycles. The molecule has 5 rings (SSSR count). The molecule has 1 aliphatic rings. The van der Waals surface area contributed by atoms with Gasteiger partial charge in [-0.05, 0) is 61.9 Å². The Balaban J connectivity index is 0.000000557. The average molecular weight is 565 g/mol. The van der Waals surface area contributed by atoms with E-state index < -0.39 is 11.9 Å². The van der Waals surface area contributed by atoms with Crippen molar-refractivity contribution in [3.05, 3.63) is 77.7 Å². The molecular weight excluding hydrogens is 532 g/mol. The third-order valence-electron chi connectivity index (χ3n) is 6.71. The fraction of sp³-hybridized carbons (Fsp3) is 0.310. The number of hydrogen-bond donors (Lipinski definition) is 3. The molecule has 0 aliphatic carbocycles. The van der Waals surface area contributed by atoms with Gasteiger partial charge in [0.2, 0.25) is 5.28 Å². The Labute approximate surface area is 237 Å². The number of benzene rings is 2. The van der Waals surface area contributed by atoms with Crippen LogP contribution >= 0.6 is 11.6 Å². The van der Waals surface area contributed by atoms with Gasteiger partial charge in [0.25, 0.3) is 0 Å². The molecule has 11 heteroatoms. The third kappa shape index (κ3) is 7.86.